The van der Waals surface area contributed by atoms with Gasteiger partial charge in [0.2, 0.25) is 0 Å². The first-order valence-corrected chi connectivity index (χ1v) is 5.44. The third-order valence-electron chi connectivity index (χ3n) is 2.15. The van der Waals surface area contributed by atoms with Crippen LogP contribution in [-0.2, 0) is 9.59 Å². The molecule has 0 aliphatic rings. The van der Waals surface area contributed by atoms with Crippen molar-refractivity contribution in [1.29, 1.82) is 0 Å². The summed E-state index contributed by atoms with van der Waals surface area (Å²) in [4.78, 5) is 24.3. The molecule has 88 valence electrons. The summed E-state index contributed by atoms with van der Waals surface area (Å²) in [6.45, 7) is 9.57. The van der Waals surface area contributed by atoms with Crippen LogP contribution in [0, 0.1) is 0 Å². The number of hydrogen-bond donors (Lipinski definition) is 2. The van der Waals surface area contributed by atoms with E-state index in [2.05, 4.69) is 29.4 Å². The summed E-state index contributed by atoms with van der Waals surface area (Å²) in [7, 11) is 0. The van der Waals surface area contributed by atoms with Gasteiger partial charge in [-0.15, -0.1) is 0 Å². The number of rotatable bonds is 6. The maximum absolute atomic E-state index is 11.1. The lowest BCUT2D eigenvalue weighted by molar-refractivity contribution is -0.139. The van der Waals surface area contributed by atoms with Gasteiger partial charge < -0.3 is 15.5 Å². The van der Waals surface area contributed by atoms with Crippen LogP contribution < -0.4 is 10.6 Å². The van der Waals surface area contributed by atoms with E-state index in [1.165, 1.54) is 0 Å². The Hall–Kier alpha value is -1.10. The summed E-state index contributed by atoms with van der Waals surface area (Å²) in [5, 5.41) is 5.02. The molecule has 0 aromatic carbocycles. The molecule has 2 amide bonds. The van der Waals surface area contributed by atoms with Gasteiger partial charge in [-0.05, 0) is 20.0 Å². The second-order valence-corrected chi connectivity index (χ2v) is 3.14. The molecule has 0 aromatic rings. The Morgan fingerprint density at radius 1 is 1.00 bits per heavy atom. The molecule has 5 heteroatoms. The molecule has 5 nitrogen and oxygen atoms in total. The fraction of sp³-hybridized carbons (Fsp3) is 0.800. The fourth-order valence-electron chi connectivity index (χ4n) is 1.19. The van der Waals surface area contributed by atoms with E-state index in [0.717, 1.165) is 19.6 Å². The molecular formula is C10H21N3O2. The van der Waals surface area contributed by atoms with E-state index in [1.54, 1.807) is 6.92 Å². The second-order valence-electron chi connectivity index (χ2n) is 3.14. The predicted molar refractivity (Wildman–Crippen MR) is 59.5 cm³/mol. The van der Waals surface area contributed by atoms with Gasteiger partial charge in [0.05, 0.1) is 0 Å². The van der Waals surface area contributed by atoms with Crippen LogP contribution in [0.1, 0.15) is 20.8 Å². The number of carbonyl (C=O) groups excluding carboxylic acids is 2. The number of likely N-dealkylation sites (N-methyl/N-ethyl adjacent to an activating group) is 2. The zero-order chi connectivity index (χ0) is 11.7. The molecule has 0 aliphatic carbocycles. The van der Waals surface area contributed by atoms with Crippen molar-refractivity contribution in [3.05, 3.63) is 0 Å². The summed E-state index contributed by atoms with van der Waals surface area (Å²) >= 11 is 0. The third-order valence-corrected chi connectivity index (χ3v) is 2.15. The summed E-state index contributed by atoms with van der Waals surface area (Å²) < 4.78 is 0. The monoisotopic (exact) mass is 215 g/mol. The highest BCUT2D eigenvalue weighted by molar-refractivity contribution is 6.35. The first kappa shape index (κ1) is 13.9. The van der Waals surface area contributed by atoms with Gasteiger partial charge in [-0.3, -0.25) is 9.59 Å². The van der Waals surface area contributed by atoms with E-state index in [-0.39, 0.29) is 0 Å². The van der Waals surface area contributed by atoms with Crippen molar-refractivity contribution in [3.63, 3.8) is 0 Å². The van der Waals surface area contributed by atoms with Crippen LogP contribution in [0.5, 0.6) is 0 Å². The lowest BCUT2D eigenvalue weighted by atomic mass is 10.4. The Balaban J connectivity index is 3.67. The number of amides is 2. The SMILES string of the molecule is CCNC(=O)C(=O)NCCN(CC)CC. The Morgan fingerprint density at radius 2 is 1.53 bits per heavy atom. The van der Waals surface area contributed by atoms with E-state index < -0.39 is 11.8 Å². The summed E-state index contributed by atoms with van der Waals surface area (Å²) in [5.74, 6) is -1.11. The first-order valence-electron chi connectivity index (χ1n) is 5.44. The second kappa shape index (κ2) is 8.23. The molecule has 0 aliphatic heterocycles. The molecule has 0 saturated carbocycles. The van der Waals surface area contributed by atoms with Crippen molar-refractivity contribution in [1.82, 2.24) is 15.5 Å². The molecular weight excluding hydrogens is 194 g/mol. The molecule has 0 bridgehead atoms. The summed E-state index contributed by atoms with van der Waals surface area (Å²) in [6, 6.07) is 0. The van der Waals surface area contributed by atoms with E-state index in [4.69, 9.17) is 0 Å². The minimum atomic E-state index is -0.558. The minimum Gasteiger partial charge on any atom is -0.348 e. The summed E-state index contributed by atoms with van der Waals surface area (Å²) in [5.41, 5.74) is 0. The third kappa shape index (κ3) is 6.06. The highest BCUT2D eigenvalue weighted by atomic mass is 16.2. The van der Waals surface area contributed by atoms with Crippen molar-refractivity contribution in [3.8, 4) is 0 Å². The molecule has 0 saturated heterocycles. The quantitative estimate of drug-likeness (QED) is 0.592. The van der Waals surface area contributed by atoms with Gasteiger partial charge in [-0.25, -0.2) is 0 Å². The maximum atomic E-state index is 11.1. The van der Waals surface area contributed by atoms with Gasteiger partial charge in [-0.2, -0.15) is 0 Å². The van der Waals surface area contributed by atoms with Gasteiger partial charge in [0.1, 0.15) is 0 Å². The van der Waals surface area contributed by atoms with Crippen molar-refractivity contribution >= 4 is 11.8 Å². The zero-order valence-corrected chi connectivity index (χ0v) is 9.80. The summed E-state index contributed by atoms with van der Waals surface area (Å²) in [6.07, 6.45) is 0. The molecule has 0 heterocycles. The van der Waals surface area contributed by atoms with Crippen molar-refractivity contribution < 1.29 is 9.59 Å². The lowest BCUT2D eigenvalue weighted by Gasteiger charge is -2.17. The molecule has 0 spiro atoms. The van der Waals surface area contributed by atoms with Crippen molar-refractivity contribution in [2.24, 2.45) is 0 Å². The van der Waals surface area contributed by atoms with Crippen LogP contribution in [-0.4, -0.2) is 49.4 Å². The van der Waals surface area contributed by atoms with Crippen LogP contribution in [0.15, 0.2) is 0 Å². The van der Waals surface area contributed by atoms with Crippen molar-refractivity contribution in [2.75, 3.05) is 32.7 Å². The van der Waals surface area contributed by atoms with Gasteiger partial charge in [0.15, 0.2) is 0 Å². The van der Waals surface area contributed by atoms with Gasteiger partial charge in [0, 0.05) is 19.6 Å². The van der Waals surface area contributed by atoms with Crippen LogP contribution >= 0.6 is 0 Å². The van der Waals surface area contributed by atoms with E-state index in [9.17, 15) is 9.59 Å². The van der Waals surface area contributed by atoms with Crippen LogP contribution in [0.25, 0.3) is 0 Å². The highest BCUT2D eigenvalue weighted by Crippen LogP contribution is 1.83. The average molecular weight is 215 g/mol. The molecule has 0 radical (unpaired) electrons. The lowest BCUT2D eigenvalue weighted by Crippen LogP contribution is -2.42. The Labute approximate surface area is 91.2 Å². The molecule has 0 atom stereocenters. The fourth-order valence-corrected chi connectivity index (χ4v) is 1.19. The highest BCUT2D eigenvalue weighted by Gasteiger charge is 2.11. The Kier molecular flexibility index (Phi) is 7.62. The van der Waals surface area contributed by atoms with Crippen LogP contribution in [0.3, 0.4) is 0 Å². The Bertz CT molecular complexity index is 203. The predicted octanol–water partition coefficient (Wildman–Crippen LogP) is -0.419. The molecule has 0 rings (SSSR count). The minimum absolute atomic E-state index is 0.475. The van der Waals surface area contributed by atoms with Crippen LogP contribution in [0.4, 0.5) is 0 Å². The van der Waals surface area contributed by atoms with Crippen molar-refractivity contribution in [2.45, 2.75) is 20.8 Å². The standard InChI is InChI=1S/C10H21N3O2/c1-4-11-9(14)10(15)12-7-8-13(5-2)6-3/h4-8H2,1-3H3,(H,11,14)(H,12,15). The first-order chi connectivity index (χ1) is 7.15. The van der Waals surface area contributed by atoms with Crippen LogP contribution in [0.2, 0.25) is 0 Å². The number of nitrogens with zero attached hydrogens (tertiary/aromatic N) is 1. The topological polar surface area (TPSA) is 61.4 Å². The molecule has 15 heavy (non-hydrogen) atoms. The number of nitrogens with one attached hydrogen (secondary N) is 2. The van der Waals surface area contributed by atoms with Gasteiger partial charge in [-0.1, -0.05) is 13.8 Å². The number of carbonyl (C=O) groups is 2. The molecule has 0 fully saturated rings. The normalized spacial score (nSPS) is 10.1. The molecule has 0 unspecified atom stereocenters. The Morgan fingerprint density at radius 3 is 2.00 bits per heavy atom. The maximum Gasteiger partial charge on any atom is 0.309 e. The smallest absolute Gasteiger partial charge is 0.309 e. The van der Waals surface area contributed by atoms with Gasteiger partial charge in [0.25, 0.3) is 0 Å². The van der Waals surface area contributed by atoms with E-state index in [0.29, 0.717) is 13.1 Å². The zero-order valence-electron chi connectivity index (χ0n) is 9.80. The largest absolute Gasteiger partial charge is 0.348 e. The number of hydrogen-bond acceptors (Lipinski definition) is 3. The van der Waals surface area contributed by atoms with E-state index >= 15 is 0 Å². The van der Waals surface area contributed by atoms with Gasteiger partial charge >= 0.3 is 11.8 Å². The molecule has 0 aromatic heterocycles. The average Bonchev–Trinajstić information content (AvgIpc) is 2.24. The molecule has 2 N–H and O–H groups in total. The van der Waals surface area contributed by atoms with E-state index in [1.807, 2.05) is 0 Å².